The topological polar surface area (TPSA) is 213 Å². The van der Waals surface area contributed by atoms with Gasteiger partial charge in [-0.1, -0.05) is 61.8 Å². The Morgan fingerprint density at radius 3 is 2.79 bits per heavy atom. The van der Waals surface area contributed by atoms with Crippen LogP contribution in [0, 0.1) is 5.92 Å². The van der Waals surface area contributed by atoms with E-state index in [-0.39, 0.29) is 18.2 Å². The first-order valence-electron chi connectivity index (χ1n) is 13.7. The van der Waals surface area contributed by atoms with Crippen molar-refractivity contribution in [3.63, 3.8) is 0 Å². The molecule has 1 aromatic heterocycles. The van der Waals surface area contributed by atoms with Crippen molar-refractivity contribution in [2.45, 2.75) is 57.7 Å². The molecule has 43 heavy (non-hydrogen) atoms. The number of hydrogen-bond acceptors (Lipinski definition) is 11. The minimum absolute atomic E-state index is 0.0166. The minimum atomic E-state index is -4.49. The summed E-state index contributed by atoms with van der Waals surface area (Å²) in [6.07, 6.45) is 0.106. The number of nitrogen functional groups attached to an aromatic ring is 1. The molecule has 2 aromatic carbocycles. The number of benzene rings is 2. The molecule has 6 atom stereocenters. The van der Waals surface area contributed by atoms with E-state index in [9.17, 15) is 24.8 Å². The third kappa shape index (κ3) is 7.16. The fraction of sp³-hybridized carbons (Fsp3) is 0.444. The molecule has 0 amide bonds. The molecule has 4 N–H and O–H groups in total. The van der Waals surface area contributed by atoms with Crippen LogP contribution in [0.1, 0.15) is 39.8 Å². The largest absolute Gasteiger partial charge is 0.465 e. The average Bonchev–Trinajstić information content (AvgIpc) is 3.22. The molecule has 1 unspecified atom stereocenters. The van der Waals surface area contributed by atoms with E-state index in [1.54, 1.807) is 31.2 Å². The van der Waals surface area contributed by atoms with Crippen LogP contribution in [-0.4, -0.2) is 51.7 Å². The lowest BCUT2D eigenvalue weighted by Gasteiger charge is -2.30. The first-order chi connectivity index (χ1) is 20.5. The number of hydrogen-bond donors (Lipinski definition) is 3. The maximum atomic E-state index is 14.3. The van der Waals surface area contributed by atoms with E-state index in [2.05, 4.69) is 20.1 Å². The Kier molecular flexibility index (Phi) is 10.1. The molecular formula is C27H34N7O8P. The van der Waals surface area contributed by atoms with Gasteiger partial charge in [-0.05, 0) is 36.4 Å². The van der Waals surface area contributed by atoms with Crippen molar-refractivity contribution in [2.24, 2.45) is 11.0 Å². The van der Waals surface area contributed by atoms with Crippen LogP contribution in [0.4, 0.5) is 5.82 Å². The number of carbonyl (C=O) groups is 1. The molecule has 1 saturated heterocycles. The van der Waals surface area contributed by atoms with E-state index in [0.29, 0.717) is 11.8 Å². The normalized spacial score (nSPS) is 23.7. The lowest BCUT2D eigenvalue weighted by atomic mass is 9.98. The van der Waals surface area contributed by atoms with Gasteiger partial charge in [0.2, 0.25) is 0 Å². The Morgan fingerprint density at radius 2 is 2.07 bits per heavy atom. The standard InChI is InChI=1S/C27H34N7O8P/c1-4-5-15-39-25(36)18(3)31-43(38,42-21-12-8-10-19-9-6-7-11-20(19)21)40-16-27(32-33-29)23(35)17(2)24(41-27)34-14-13-22(28)30-26(34)37/h6-14,17-18,23-24,35H,4-5,15-16H2,1-3H3,(H,31,38)(H2,28,30,37)/t17-,18-,23-,24+,27+,43?/m0/s1. The number of carbonyl (C=O) groups excluding carboxylic acids is 1. The summed E-state index contributed by atoms with van der Waals surface area (Å²) < 4.78 is 38.2. The second kappa shape index (κ2) is 13.6. The number of nitrogens with two attached hydrogens (primary N) is 1. The lowest BCUT2D eigenvalue weighted by Crippen LogP contribution is -2.44. The average molecular weight is 616 g/mol. The van der Waals surface area contributed by atoms with Gasteiger partial charge in [0.05, 0.1) is 19.3 Å². The summed E-state index contributed by atoms with van der Waals surface area (Å²) >= 11 is 0. The molecule has 0 radical (unpaired) electrons. The predicted molar refractivity (Wildman–Crippen MR) is 157 cm³/mol. The quantitative estimate of drug-likeness (QED) is 0.0623. The molecule has 15 nitrogen and oxygen atoms in total. The van der Waals surface area contributed by atoms with Crippen LogP contribution in [0.5, 0.6) is 5.75 Å². The number of azide groups is 1. The smallest absolute Gasteiger partial charge is 0.459 e. The molecular weight excluding hydrogens is 581 g/mol. The molecule has 1 fully saturated rings. The van der Waals surface area contributed by atoms with Gasteiger partial charge in [-0.15, -0.1) is 0 Å². The highest BCUT2D eigenvalue weighted by Gasteiger charge is 2.55. The molecule has 3 aromatic rings. The summed E-state index contributed by atoms with van der Waals surface area (Å²) in [5, 5.41) is 18.8. The molecule has 1 aliphatic rings. The number of unbranched alkanes of at least 4 members (excludes halogenated alkanes) is 1. The third-order valence-corrected chi connectivity index (χ3v) is 8.54. The van der Waals surface area contributed by atoms with Crippen LogP contribution in [0.3, 0.4) is 0 Å². The van der Waals surface area contributed by atoms with Crippen molar-refractivity contribution >= 4 is 30.3 Å². The molecule has 0 bridgehead atoms. The van der Waals surface area contributed by atoms with Gasteiger partial charge >= 0.3 is 19.4 Å². The number of aliphatic hydroxyl groups is 1. The fourth-order valence-electron chi connectivity index (χ4n) is 4.59. The van der Waals surface area contributed by atoms with Gasteiger partial charge in [-0.3, -0.25) is 13.9 Å². The van der Waals surface area contributed by atoms with Crippen LogP contribution in [0.25, 0.3) is 21.2 Å². The molecule has 0 aliphatic carbocycles. The number of fused-ring (bicyclic) bond motifs is 1. The Balaban J connectivity index is 1.65. The van der Waals surface area contributed by atoms with Gasteiger partial charge in [0.1, 0.15) is 23.8 Å². The highest BCUT2D eigenvalue weighted by molar-refractivity contribution is 7.52. The van der Waals surface area contributed by atoms with Crippen LogP contribution in [-0.2, 0) is 23.4 Å². The second-order valence-corrected chi connectivity index (χ2v) is 11.8. The van der Waals surface area contributed by atoms with Gasteiger partial charge in [-0.25, -0.2) is 9.36 Å². The van der Waals surface area contributed by atoms with Gasteiger partial charge < -0.3 is 24.8 Å². The van der Waals surface area contributed by atoms with E-state index < -0.39 is 56.0 Å². The summed E-state index contributed by atoms with van der Waals surface area (Å²) in [4.78, 5) is 31.6. The number of aromatic nitrogens is 2. The van der Waals surface area contributed by atoms with Crippen LogP contribution >= 0.6 is 7.75 Å². The molecule has 0 saturated carbocycles. The number of nitrogens with one attached hydrogen (secondary N) is 1. The Hall–Kier alpha value is -3.97. The fourth-order valence-corrected chi connectivity index (χ4v) is 6.13. The van der Waals surface area contributed by atoms with Crippen molar-refractivity contribution in [2.75, 3.05) is 18.9 Å². The van der Waals surface area contributed by atoms with Crippen molar-refractivity contribution < 1.29 is 33.0 Å². The van der Waals surface area contributed by atoms with E-state index in [1.807, 2.05) is 25.1 Å². The molecule has 4 rings (SSSR count). The van der Waals surface area contributed by atoms with Crippen molar-refractivity contribution in [3.8, 4) is 5.75 Å². The van der Waals surface area contributed by atoms with E-state index >= 15 is 0 Å². The van der Waals surface area contributed by atoms with Gasteiger partial charge in [-0.2, -0.15) is 10.1 Å². The second-order valence-electron chi connectivity index (χ2n) is 10.1. The van der Waals surface area contributed by atoms with Gasteiger partial charge in [0.15, 0.2) is 5.72 Å². The molecule has 16 heteroatoms. The van der Waals surface area contributed by atoms with Crippen LogP contribution < -0.4 is 21.0 Å². The summed E-state index contributed by atoms with van der Waals surface area (Å²) in [6, 6.07) is 12.5. The maximum Gasteiger partial charge on any atom is 0.459 e. The Bertz CT molecular complexity index is 1610. The Labute approximate surface area is 247 Å². The number of ether oxygens (including phenoxy) is 2. The number of rotatable bonds is 13. The number of esters is 1. The first-order valence-corrected chi connectivity index (χ1v) is 15.2. The summed E-state index contributed by atoms with van der Waals surface area (Å²) in [6.45, 7) is 4.32. The van der Waals surface area contributed by atoms with E-state index in [4.69, 9.17) is 24.3 Å². The molecule has 0 spiro atoms. The minimum Gasteiger partial charge on any atom is -0.465 e. The predicted octanol–water partition coefficient (Wildman–Crippen LogP) is 4.04. The summed E-state index contributed by atoms with van der Waals surface area (Å²) in [5.74, 6) is -1.35. The summed E-state index contributed by atoms with van der Waals surface area (Å²) in [5.41, 5.74) is 12.1. The van der Waals surface area contributed by atoms with Crippen molar-refractivity contribution in [1.82, 2.24) is 14.6 Å². The highest BCUT2D eigenvalue weighted by Crippen LogP contribution is 2.50. The third-order valence-electron chi connectivity index (χ3n) is 6.93. The van der Waals surface area contributed by atoms with Crippen LogP contribution in [0.15, 0.2) is 64.6 Å². The zero-order valence-electron chi connectivity index (χ0n) is 23.9. The highest BCUT2D eigenvalue weighted by atomic mass is 31.2. The SMILES string of the molecule is CCCCOC(=O)[C@H](C)NP(=O)(OC[C@@]1(N=[N+]=[N-])O[C@@H](n2ccc(N)nc2=O)[C@@H](C)[C@@H]1O)Oc1cccc2ccccc12. The zero-order chi connectivity index (χ0) is 31.2. The number of nitrogens with zero attached hydrogens (tertiary/aromatic N) is 5. The molecule has 230 valence electrons. The van der Waals surface area contributed by atoms with Gasteiger partial charge in [0.25, 0.3) is 0 Å². The zero-order valence-corrected chi connectivity index (χ0v) is 24.8. The van der Waals surface area contributed by atoms with Crippen molar-refractivity contribution in [3.05, 3.63) is 75.7 Å². The van der Waals surface area contributed by atoms with Crippen LogP contribution in [0.2, 0.25) is 0 Å². The summed E-state index contributed by atoms with van der Waals surface area (Å²) in [7, 11) is -4.49. The van der Waals surface area contributed by atoms with Crippen molar-refractivity contribution in [1.29, 1.82) is 0 Å². The first kappa shape index (κ1) is 32.0. The number of anilines is 1. The molecule has 2 heterocycles. The van der Waals surface area contributed by atoms with Gasteiger partial charge in [0, 0.05) is 22.4 Å². The number of aliphatic hydroxyl groups excluding tert-OH is 1. The Morgan fingerprint density at radius 1 is 1.33 bits per heavy atom. The monoisotopic (exact) mass is 615 g/mol. The lowest BCUT2D eigenvalue weighted by molar-refractivity contribution is -0.145. The van der Waals surface area contributed by atoms with E-state index in [1.165, 1.54) is 19.2 Å². The molecule has 1 aliphatic heterocycles. The van der Waals surface area contributed by atoms with E-state index in [0.717, 1.165) is 16.4 Å². The maximum absolute atomic E-state index is 14.3.